The van der Waals surface area contributed by atoms with Gasteiger partial charge in [-0.05, 0) is 18.9 Å². The number of ether oxygens (including phenoxy) is 1. The van der Waals surface area contributed by atoms with E-state index in [1.807, 2.05) is 18.2 Å². The van der Waals surface area contributed by atoms with Gasteiger partial charge < -0.3 is 9.84 Å². The molecule has 3 heteroatoms. The van der Waals surface area contributed by atoms with Gasteiger partial charge in [0.2, 0.25) is 0 Å². The average Bonchev–Trinajstić information content (AvgIpc) is 2.98. The first kappa shape index (κ1) is 9.06. The standard InChI is InChI=1S/C11H12O3/c1-14-9-5-3-2-4-8(9)11(6-7-11)10(12)13/h2-5H,6-7H2,1H3,(H,12,13). The zero-order valence-corrected chi connectivity index (χ0v) is 7.99. The predicted molar refractivity (Wildman–Crippen MR) is 51.5 cm³/mol. The summed E-state index contributed by atoms with van der Waals surface area (Å²) in [6, 6.07) is 7.33. The van der Waals surface area contributed by atoms with Gasteiger partial charge in [0.05, 0.1) is 12.5 Å². The Bertz CT molecular complexity index is 367. The van der Waals surface area contributed by atoms with Crippen molar-refractivity contribution in [3.8, 4) is 5.75 Å². The van der Waals surface area contributed by atoms with Gasteiger partial charge in [-0.15, -0.1) is 0 Å². The van der Waals surface area contributed by atoms with Crippen molar-refractivity contribution in [3.63, 3.8) is 0 Å². The highest BCUT2D eigenvalue weighted by molar-refractivity contribution is 5.85. The molecule has 0 amide bonds. The molecule has 0 spiro atoms. The molecule has 1 aromatic rings. The minimum absolute atomic E-state index is 0.674. The molecule has 0 atom stereocenters. The molecule has 0 aromatic heterocycles. The topological polar surface area (TPSA) is 46.5 Å². The minimum atomic E-state index is -0.748. The third-order valence-corrected chi connectivity index (χ3v) is 2.78. The van der Waals surface area contributed by atoms with Gasteiger partial charge in [0.25, 0.3) is 0 Å². The van der Waals surface area contributed by atoms with Crippen LogP contribution in [0.5, 0.6) is 5.75 Å². The van der Waals surface area contributed by atoms with E-state index in [1.165, 1.54) is 0 Å². The smallest absolute Gasteiger partial charge is 0.314 e. The second-order valence-electron chi connectivity index (χ2n) is 3.59. The Kier molecular flexibility index (Phi) is 1.95. The van der Waals surface area contributed by atoms with E-state index in [9.17, 15) is 4.79 Å². The predicted octanol–water partition coefficient (Wildman–Crippen LogP) is 1.81. The normalized spacial score (nSPS) is 17.5. The lowest BCUT2D eigenvalue weighted by molar-refractivity contribution is -0.140. The summed E-state index contributed by atoms with van der Waals surface area (Å²) < 4.78 is 5.16. The molecule has 0 unspecified atom stereocenters. The Morgan fingerprint density at radius 2 is 2.07 bits per heavy atom. The molecular weight excluding hydrogens is 180 g/mol. The van der Waals surface area contributed by atoms with Crippen LogP contribution in [0, 0.1) is 0 Å². The van der Waals surface area contributed by atoms with Crippen molar-refractivity contribution in [2.45, 2.75) is 18.3 Å². The summed E-state index contributed by atoms with van der Waals surface area (Å²) in [6.07, 6.45) is 1.42. The van der Waals surface area contributed by atoms with Crippen LogP contribution in [-0.4, -0.2) is 18.2 Å². The van der Waals surface area contributed by atoms with Gasteiger partial charge in [0.1, 0.15) is 5.75 Å². The van der Waals surface area contributed by atoms with Crippen LogP contribution >= 0.6 is 0 Å². The monoisotopic (exact) mass is 192 g/mol. The van der Waals surface area contributed by atoms with Crippen molar-refractivity contribution in [1.29, 1.82) is 0 Å². The summed E-state index contributed by atoms with van der Waals surface area (Å²) in [5.74, 6) is -0.0746. The van der Waals surface area contributed by atoms with Gasteiger partial charge in [0, 0.05) is 5.56 Å². The molecule has 2 rings (SSSR count). The Morgan fingerprint density at radius 1 is 1.43 bits per heavy atom. The molecular formula is C11H12O3. The SMILES string of the molecule is COc1ccccc1C1(C(=O)O)CC1. The quantitative estimate of drug-likeness (QED) is 0.794. The van der Waals surface area contributed by atoms with Crippen molar-refractivity contribution in [3.05, 3.63) is 29.8 Å². The lowest BCUT2D eigenvalue weighted by atomic mass is 9.95. The lowest BCUT2D eigenvalue weighted by Crippen LogP contribution is -2.20. The molecule has 0 saturated heterocycles. The Morgan fingerprint density at radius 3 is 2.57 bits per heavy atom. The Balaban J connectivity index is 2.46. The molecule has 1 fully saturated rings. The van der Waals surface area contributed by atoms with E-state index in [0.717, 1.165) is 5.56 Å². The number of carbonyl (C=O) groups is 1. The van der Waals surface area contributed by atoms with Crippen LogP contribution in [0.1, 0.15) is 18.4 Å². The van der Waals surface area contributed by atoms with Crippen LogP contribution in [0.4, 0.5) is 0 Å². The summed E-state index contributed by atoms with van der Waals surface area (Å²) in [6.45, 7) is 0. The average molecular weight is 192 g/mol. The van der Waals surface area contributed by atoms with Crippen LogP contribution < -0.4 is 4.74 Å². The summed E-state index contributed by atoms with van der Waals surface area (Å²) in [4.78, 5) is 11.1. The Hall–Kier alpha value is -1.51. The summed E-state index contributed by atoms with van der Waals surface area (Å²) in [7, 11) is 1.57. The lowest BCUT2D eigenvalue weighted by Gasteiger charge is -2.13. The van der Waals surface area contributed by atoms with Crippen molar-refractivity contribution >= 4 is 5.97 Å². The second-order valence-corrected chi connectivity index (χ2v) is 3.59. The number of para-hydroxylation sites is 1. The van der Waals surface area contributed by atoms with Gasteiger partial charge in [-0.25, -0.2) is 0 Å². The zero-order chi connectivity index (χ0) is 10.2. The molecule has 0 aliphatic heterocycles. The molecule has 0 heterocycles. The minimum Gasteiger partial charge on any atom is -0.496 e. The maximum atomic E-state index is 11.1. The van der Waals surface area contributed by atoms with Crippen LogP contribution in [0.15, 0.2) is 24.3 Å². The summed E-state index contributed by atoms with van der Waals surface area (Å²) >= 11 is 0. The molecule has 1 aromatic carbocycles. The number of rotatable bonds is 3. The van der Waals surface area contributed by atoms with Gasteiger partial charge in [-0.1, -0.05) is 18.2 Å². The van der Waals surface area contributed by atoms with Gasteiger partial charge in [-0.2, -0.15) is 0 Å². The second kappa shape index (κ2) is 3.01. The third kappa shape index (κ3) is 1.16. The van der Waals surface area contributed by atoms with E-state index in [-0.39, 0.29) is 0 Å². The van der Waals surface area contributed by atoms with Crippen LogP contribution in [-0.2, 0) is 10.2 Å². The number of hydrogen-bond donors (Lipinski definition) is 1. The van der Waals surface area contributed by atoms with Crippen molar-refractivity contribution in [2.75, 3.05) is 7.11 Å². The first-order valence-corrected chi connectivity index (χ1v) is 4.57. The highest BCUT2D eigenvalue weighted by atomic mass is 16.5. The highest BCUT2D eigenvalue weighted by Crippen LogP contribution is 2.51. The molecule has 1 aliphatic carbocycles. The van der Waals surface area contributed by atoms with Crippen LogP contribution in [0.2, 0.25) is 0 Å². The molecule has 1 N–H and O–H groups in total. The van der Waals surface area contributed by atoms with E-state index in [2.05, 4.69) is 0 Å². The molecule has 74 valence electrons. The van der Waals surface area contributed by atoms with Crippen molar-refractivity contribution < 1.29 is 14.6 Å². The fraction of sp³-hybridized carbons (Fsp3) is 0.364. The maximum absolute atomic E-state index is 11.1. The first-order valence-electron chi connectivity index (χ1n) is 4.57. The molecule has 0 radical (unpaired) electrons. The van der Waals surface area contributed by atoms with Crippen molar-refractivity contribution in [1.82, 2.24) is 0 Å². The van der Waals surface area contributed by atoms with Crippen LogP contribution in [0.25, 0.3) is 0 Å². The van der Waals surface area contributed by atoms with E-state index in [1.54, 1.807) is 13.2 Å². The largest absolute Gasteiger partial charge is 0.496 e. The number of methoxy groups -OCH3 is 1. The molecule has 3 nitrogen and oxygen atoms in total. The Labute approximate surface area is 82.3 Å². The van der Waals surface area contributed by atoms with Gasteiger partial charge >= 0.3 is 5.97 Å². The number of aliphatic carboxylic acids is 1. The highest BCUT2D eigenvalue weighted by Gasteiger charge is 2.53. The fourth-order valence-corrected chi connectivity index (χ4v) is 1.76. The fourth-order valence-electron chi connectivity index (χ4n) is 1.76. The van der Waals surface area contributed by atoms with E-state index >= 15 is 0 Å². The molecule has 1 saturated carbocycles. The number of benzene rings is 1. The van der Waals surface area contributed by atoms with Gasteiger partial charge in [0.15, 0.2) is 0 Å². The molecule has 0 bridgehead atoms. The zero-order valence-electron chi connectivity index (χ0n) is 7.99. The van der Waals surface area contributed by atoms with Crippen molar-refractivity contribution in [2.24, 2.45) is 0 Å². The summed E-state index contributed by atoms with van der Waals surface area (Å²) in [5.41, 5.74) is 0.127. The summed E-state index contributed by atoms with van der Waals surface area (Å²) in [5, 5.41) is 9.12. The van der Waals surface area contributed by atoms with E-state index in [4.69, 9.17) is 9.84 Å². The number of carboxylic acids is 1. The van der Waals surface area contributed by atoms with Gasteiger partial charge in [-0.3, -0.25) is 4.79 Å². The van der Waals surface area contributed by atoms with Crippen LogP contribution in [0.3, 0.4) is 0 Å². The molecule has 14 heavy (non-hydrogen) atoms. The molecule has 1 aliphatic rings. The first-order chi connectivity index (χ1) is 6.70. The number of hydrogen-bond acceptors (Lipinski definition) is 2. The maximum Gasteiger partial charge on any atom is 0.314 e. The third-order valence-electron chi connectivity index (χ3n) is 2.78. The van der Waals surface area contributed by atoms with E-state index in [0.29, 0.717) is 18.6 Å². The van der Waals surface area contributed by atoms with E-state index < -0.39 is 11.4 Å². The number of carboxylic acid groups (broad SMARTS) is 1.